The van der Waals surface area contributed by atoms with E-state index in [-0.39, 0.29) is 0 Å². The second-order valence-corrected chi connectivity index (χ2v) is 4.36. The summed E-state index contributed by atoms with van der Waals surface area (Å²) in [4.78, 5) is 15.0. The SMILES string of the molecule is c1ccc2[nH]c(Nc3ccc4nc[nH]c4c3)nc2c1. The van der Waals surface area contributed by atoms with Crippen LogP contribution in [0.25, 0.3) is 22.1 Å². The smallest absolute Gasteiger partial charge is 0.205 e. The number of aromatic nitrogens is 4. The molecule has 2 aromatic carbocycles. The number of fused-ring (bicyclic) bond motifs is 2. The summed E-state index contributed by atoms with van der Waals surface area (Å²) in [6.45, 7) is 0. The summed E-state index contributed by atoms with van der Waals surface area (Å²) in [5.41, 5.74) is 4.90. The van der Waals surface area contributed by atoms with Gasteiger partial charge in [-0.2, -0.15) is 0 Å². The highest BCUT2D eigenvalue weighted by Crippen LogP contribution is 2.20. The summed E-state index contributed by atoms with van der Waals surface area (Å²) in [7, 11) is 0. The molecule has 0 aliphatic carbocycles. The Hall–Kier alpha value is -2.82. The van der Waals surface area contributed by atoms with Gasteiger partial charge < -0.3 is 15.3 Å². The van der Waals surface area contributed by atoms with E-state index in [1.807, 2.05) is 42.5 Å². The first-order valence-corrected chi connectivity index (χ1v) is 6.03. The molecule has 0 radical (unpaired) electrons. The molecule has 19 heavy (non-hydrogen) atoms. The lowest BCUT2D eigenvalue weighted by Crippen LogP contribution is -1.91. The number of rotatable bonds is 2. The molecule has 0 bridgehead atoms. The summed E-state index contributed by atoms with van der Waals surface area (Å²) < 4.78 is 0. The van der Waals surface area contributed by atoms with Crippen LogP contribution in [0, 0.1) is 0 Å². The minimum absolute atomic E-state index is 0.736. The third-order valence-electron chi connectivity index (χ3n) is 3.07. The highest BCUT2D eigenvalue weighted by Gasteiger charge is 2.03. The maximum absolute atomic E-state index is 4.48. The highest BCUT2D eigenvalue weighted by atomic mass is 15.1. The lowest BCUT2D eigenvalue weighted by Gasteiger charge is -2.01. The van der Waals surface area contributed by atoms with Crippen LogP contribution < -0.4 is 5.32 Å². The van der Waals surface area contributed by atoms with Gasteiger partial charge in [0.25, 0.3) is 0 Å². The van der Waals surface area contributed by atoms with Crippen LogP contribution in [0.2, 0.25) is 0 Å². The van der Waals surface area contributed by atoms with Gasteiger partial charge in [0, 0.05) is 5.69 Å². The number of nitrogens with one attached hydrogen (secondary N) is 3. The quantitative estimate of drug-likeness (QED) is 0.511. The standard InChI is InChI=1S/C14H11N5/c1-2-4-12-11(3-1)18-14(19-12)17-9-5-6-10-13(7-9)16-8-15-10/h1-8H,(H,15,16)(H2,17,18,19). The van der Waals surface area contributed by atoms with E-state index in [9.17, 15) is 0 Å². The lowest BCUT2D eigenvalue weighted by molar-refractivity contribution is 1.31. The first-order chi connectivity index (χ1) is 9.38. The van der Waals surface area contributed by atoms with Gasteiger partial charge in [-0.15, -0.1) is 0 Å². The van der Waals surface area contributed by atoms with Crippen molar-refractivity contribution in [3.63, 3.8) is 0 Å². The van der Waals surface area contributed by atoms with E-state index in [1.165, 1.54) is 0 Å². The van der Waals surface area contributed by atoms with Crippen LogP contribution >= 0.6 is 0 Å². The number of H-pyrrole nitrogens is 2. The Morgan fingerprint density at radius 2 is 1.89 bits per heavy atom. The van der Waals surface area contributed by atoms with E-state index in [4.69, 9.17) is 0 Å². The van der Waals surface area contributed by atoms with E-state index < -0.39 is 0 Å². The average Bonchev–Trinajstić information content (AvgIpc) is 3.03. The van der Waals surface area contributed by atoms with Crippen molar-refractivity contribution in [1.82, 2.24) is 19.9 Å². The molecule has 0 saturated heterocycles. The first-order valence-electron chi connectivity index (χ1n) is 6.03. The Kier molecular flexibility index (Phi) is 2.05. The number of anilines is 2. The summed E-state index contributed by atoms with van der Waals surface area (Å²) >= 11 is 0. The summed E-state index contributed by atoms with van der Waals surface area (Å²) in [6.07, 6.45) is 1.69. The molecule has 3 N–H and O–H groups in total. The van der Waals surface area contributed by atoms with Gasteiger partial charge in [-0.3, -0.25) is 0 Å². The molecule has 0 aliphatic heterocycles. The molecule has 0 atom stereocenters. The van der Waals surface area contributed by atoms with Crippen molar-refractivity contribution < 1.29 is 0 Å². The van der Waals surface area contributed by atoms with Gasteiger partial charge in [0.2, 0.25) is 5.95 Å². The fourth-order valence-corrected chi connectivity index (χ4v) is 2.16. The van der Waals surface area contributed by atoms with E-state index in [1.54, 1.807) is 6.33 Å². The Balaban J connectivity index is 1.72. The molecule has 2 heterocycles. The lowest BCUT2D eigenvalue weighted by atomic mass is 10.3. The van der Waals surface area contributed by atoms with Crippen molar-refractivity contribution in [2.45, 2.75) is 0 Å². The van der Waals surface area contributed by atoms with Gasteiger partial charge in [-0.25, -0.2) is 9.97 Å². The zero-order chi connectivity index (χ0) is 12.7. The van der Waals surface area contributed by atoms with Crippen molar-refractivity contribution in [2.24, 2.45) is 0 Å². The van der Waals surface area contributed by atoms with Gasteiger partial charge >= 0.3 is 0 Å². The minimum Gasteiger partial charge on any atom is -0.345 e. The summed E-state index contributed by atoms with van der Waals surface area (Å²) in [5.74, 6) is 0.736. The summed E-state index contributed by atoms with van der Waals surface area (Å²) in [6, 6.07) is 13.9. The normalized spacial score (nSPS) is 11.2. The molecule has 5 heteroatoms. The molecule has 2 aromatic heterocycles. The number of nitrogens with zero attached hydrogens (tertiary/aromatic N) is 2. The van der Waals surface area contributed by atoms with Crippen molar-refractivity contribution in [1.29, 1.82) is 0 Å². The summed E-state index contributed by atoms with van der Waals surface area (Å²) in [5, 5.41) is 3.26. The molecule has 0 saturated carbocycles. The molecule has 5 nitrogen and oxygen atoms in total. The van der Waals surface area contributed by atoms with Crippen LogP contribution in [0.1, 0.15) is 0 Å². The molecular weight excluding hydrogens is 238 g/mol. The molecule has 0 fully saturated rings. The van der Waals surface area contributed by atoms with Crippen LogP contribution in [0.4, 0.5) is 11.6 Å². The fraction of sp³-hybridized carbons (Fsp3) is 0. The molecule has 0 aliphatic rings. The van der Waals surface area contributed by atoms with Crippen molar-refractivity contribution >= 4 is 33.7 Å². The third kappa shape index (κ3) is 1.72. The van der Waals surface area contributed by atoms with E-state index in [0.717, 1.165) is 33.7 Å². The van der Waals surface area contributed by atoms with E-state index in [2.05, 4.69) is 25.3 Å². The van der Waals surface area contributed by atoms with E-state index in [0.29, 0.717) is 0 Å². The van der Waals surface area contributed by atoms with Gasteiger partial charge in [0.15, 0.2) is 0 Å². The van der Waals surface area contributed by atoms with E-state index >= 15 is 0 Å². The topological polar surface area (TPSA) is 69.4 Å². The number of hydrogen-bond acceptors (Lipinski definition) is 3. The van der Waals surface area contributed by atoms with Crippen molar-refractivity contribution in [3.8, 4) is 0 Å². The maximum atomic E-state index is 4.48. The molecule has 0 spiro atoms. The first kappa shape index (κ1) is 10.1. The zero-order valence-electron chi connectivity index (χ0n) is 10.0. The second-order valence-electron chi connectivity index (χ2n) is 4.36. The number of hydrogen-bond donors (Lipinski definition) is 3. The fourth-order valence-electron chi connectivity index (χ4n) is 2.16. The Labute approximate surface area is 108 Å². The Morgan fingerprint density at radius 1 is 0.947 bits per heavy atom. The number of benzene rings is 2. The van der Waals surface area contributed by atoms with Crippen molar-refractivity contribution in [2.75, 3.05) is 5.32 Å². The highest BCUT2D eigenvalue weighted by molar-refractivity contribution is 5.81. The number of imidazole rings is 2. The Bertz CT molecular complexity index is 825. The molecule has 0 unspecified atom stereocenters. The van der Waals surface area contributed by atoms with Crippen LogP contribution in [-0.4, -0.2) is 19.9 Å². The van der Waals surface area contributed by atoms with Gasteiger partial charge in [-0.1, -0.05) is 12.1 Å². The monoisotopic (exact) mass is 249 g/mol. The van der Waals surface area contributed by atoms with Crippen LogP contribution in [-0.2, 0) is 0 Å². The van der Waals surface area contributed by atoms with Crippen molar-refractivity contribution in [3.05, 3.63) is 48.8 Å². The zero-order valence-corrected chi connectivity index (χ0v) is 10.0. The van der Waals surface area contributed by atoms with Gasteiger partial charge in [-0.05, 0) is 30.3 Å². The maximum Gasteiger partial charge on any atom is 0.205 e. The van der Waals surface area contributed by atoms with Crippen LogP contribution in [0.15, 0.2) is 48.8 Å². The van der Waals surface area contributed by atoms with Crippen LogP contribution in [0.3, 0.4) is 0 Å². The average molecular weight is 249 g/mol. The predicted molar refractivity (Wildman–Crippen MR) is 75.5 cm³/mol. The second kappa shape index (κ2) is 3.84. The molecule has 92 valence electrons. The minimum atomic E-state index is 0.736. The molecule has 4 rings (SSSR count). The Morgan fingerprint density at radius 3 is 2.84 bits per heavy atom. The molecular formula is C14H11N5. The van der Waals surface area contributed by atoms with Gasteiger partial charge in [0.05, 0.1) is 28.4 Å². The molecule has 4 aromatic rings. The largest absolute Gasteiger partial charge is 0.345 e. The number of para-hydroxylation sites is 2. The third-order valence-corrected chi connectivity index (χ3v) is 3.07. The van der Waals surface area contributed by atoms with Crippen LogP contribution in [0.5, 0.6) is 0 Å². The predicted octanol–water partition coefficient (Wildman–Crippen LogP) is 3.18. The van der Waals surface area contributed by atoms with Gasteiger partial charge in [0.1, 0.15) is 0 Å². The molecule has 0 amide bonds. The number of aromatic amines is 2.